The Labute approximate surface area is 178 Å². The second kappa shape index (κ2) is 7.70. The Morgan fingerprint density at radius 1 is 1.17 bits per heavy atom. The summed E-state index contributed by atoms with van der Waals surface area (Å²) in [6.45, 7) is 4.14. The standard InChI is InChI=1S/C20H24ClF2N7/c1-12-9-17(26-19(25-12)20(2,22)23)30-15-10-16(21)24-11-14(15)18(27-30)29-7-5-13(6-8-29)28(3)4/h9-11,13H,5-8H2,1-4H3. The maximum absolute atomic E-state index is 13.9. The number of nitrogens with zero attached hydrogens (tertiary/aromatic N) is 7. The summed E-state index contributed by atoms with van der Waals surface area (Å²) in [4.78, 5) is 16.7. The van der Waals surface area contributed by atoms with Gasteiger partial charge in [0, 0.05) is 50.1 Å². The lowest BCUT2D eigenvalue weighted by molar-refractivity contribution is 0.00747. The summed E-state index contributed by atoms with van der Waals surface area (Å²) in [6.07, 6.45) is 3.71. The van der Waals surface area contributed by atoms with Crippen LogP contribution in [0, 0.1) is 6.92 Å². The van der Waals surface area contributed by atoms with Gasteiger partial charge in [0.2, 0.25) is 5.82 Å². The number of aromatic nitrogens is 5. The number of aryl methyl sites for hydroxylation is 1. The lowest BCUT2D eigenvalue weighted by atomic mass is 10.0. The van der Waals surface area contributed by atoms with Crippen LogP contribution in [-0.4, -0.2) is 62.9 Å². The van der Waals surface area contributed by atoms with E-state index in [9.17, 15) is 8.78 Å². The monoisotopic (exact) mass is 435 g/mol. The van der Waals surface area contributed by atoms with Crippen LogP contribution >= 0.6 is 11.6 Å². The molecule has 3 aromatic rings. The van der Waals surface area contributed by atoms with Crippen molar-refractivity contribution in [3.63, 3.8) is 0 Å². The molecule has 160 valence electrons. The Morgan fingerprint density at radius 3 is 2.50 bits per heavy atom. The smallest absolute Gasteiger partial charge is 0.303 e. The Morgan fingerprint density at radius 2 is 1.87 bits per heavy atom. The topological polar surface area (TPSA) is 63.0 Å². The third kappa shape index (κ3) is 3.96. The molecule has 30 heavy (non-hydrogen) atoms. The fraction of sp³-hybridized carbons (Fsp3) is 0.500. The molecular formula is C20H24ClF2N7. The summed E-state index contributed by atoms with van der Waals surface area (Å²) >= 11 is 6.14. The Kier molecular flexibility index (Phi) is 5.36. The fourth-order valence-electron chi connectivity index (χ4n) is 3.83. The predicted molar refractivity (Wildman–Crippen MR) is 113 cm³/mol. The summed E-state index contributed by atoms with van der Waals surface area (Å²) < 4.78 is 29.4. The molecule has 3 aromatic heterocycles. The molecule has 1 aliphatic rings. The molecule has 0 radical (unpaired) electrons. The van der Waals surface area contributed by atoms with Crippen LogP contribution in [-0.2, 0) is 5.92 Å². The lowest BCUT2D eigenvalue weighted by Gasteiger charge is -2.35. The molecule has 1 saturated heterocycles. The molecule has 0 aliphatic carbocycles. The minimum atomic E-state index is -3.15. The third-order valence-corrected chi connectivity index (χ3v) is 5.66. The highest BCUT2D eigenvalue weighted by Crippen LogP contribution is 2.32. The number of fused-ring (bicyclic) bond motifs is 1. The van der Waals surface area contributed by atoms with Gasteiger partial charge >= 0.3 is 5.92 Å². The molecule has 0 spiro atoms. The summed E-state index contributed by atoms with van der Waals surface area (Å²) in [5.74, 6) is -2.65. The summed E-state index contributed by atoms with van der Waals surface area (Å²) in [7, 11) is 4.18. The molecule has 0 atom stereocenters. The van der Waals surface area contributed by atoms with E-state index in [0.29, 0.717) is 22.4 Å². The fourth-order valence-corrected chi connectivity index (χ4v) is 3.98. The highest BCUT2D eigenvalue weighted by Gasteiger charge is 2.30. The predicted octanol–water partition coefficient (Wildman–Crippen LogP) is 3.81. The minimum absolute atomic E-state index is 0.278. The van der Waals surface area contributed by atoms with Crippen molar-refractivity contribution in [2.24, 2.45) is 0 Å². The van der Waals surface area contributed by atoms with E-state index in [-0.39, 0.29) is 5.82 Å². The molecular weight excluding hydrogens is 412 g/mol. The van der Waals surface area contributed by atoms with E-state index in [1.165, 1.54) is 0 Å². The van der Waals surface area contributed by atoms with Gasteiger partial charge in [-0.3, -0.25) is 0 Å². The van der Waals surface area contributed by atoms with Crippen molar-refractivity contribution in [1.29, 1.82) is 0 Å². The Bertz CT molecular complexity index is 1070. The van der Waals surface area contributed by atoms with E-state index in [4.69, 9.17) is 16.7 Å². The van der Waals surface area contributed by atoms with Crippen LogP contribution in [0.1, 0.15) is 31.3 Å². The molecule has 10 heteroatoms. The molecule has 0 aromatic carbocycles. The Hall–Kier alpha value is -2.39. The molecule has 0 bridgehead atoms. The van der Waals surface area contributed by atoms with E-state index in [1.54, 1.807) is 29.9 Å². The number of piperidine rings is 1. The first-order valence-electron chi connectivity index (χ1n) is 9.83. The zero-order chi connectivity index (χ0) is 21.6. The van der Waals surface area contributed by atoms with E-state index >= 15 is 0 Å². The van der Waals surface area contributed by atoms with Crippen molar-refractivity contribution < 1.29 is 8.78 Å². The Balaban J connectivity index is 1.81. The summed E-state index contributed by atoms with van der Waals surface area (Å²) in [5.41, 5.74) is 1.11. The van der Waals surface area contributed by atoms with Gasteiger partial charge in [-0.05, 0) is 33.9 Å². The second-order valence-electron chi connectivity index (χ2n) is 8.02. The van der Waals surface area contributed by atoms with Crippen molar-refractivity contribution >= 4 is 28.3 Å². The summed E-state index contributed by atoms with van der Waals surface area (Å²) in [6, 6.07) is 3.85. The largest absolute Gasteiger partial charge is 0.354 e. The van der Waals surface area contributed by atoms with Gasteiger partial charge in [0.05, 0.1) is 10.9 Å². The van der Waals surface area contributed by atoms with Crippen LogP contribution in [0.25, 0.3) is 16.7 Å². The average molecular weight is 436 g/mol. The van der Waals surface area contributed by atoms with Crippen LogP contribution in [0.5, 0.6) is 0 Å². The minimum Gasteiger partial charge on any atom is -0.354 e. The molecule has 0 amide bonds. The van der Waals surface area contributed by atoms with Gasteiger partial charge < -0.3 is 9.80 Å². The van der Waals surface area contributed by atoms with Crippen molar-refractivity contribution in [2.45, 2.75) is 38.7 Å². The van der Waals surface area contributed by atoms with Crippen molar-refractivity contribution in [1.82, 2.24) is 29.6 Å². The van der Waals surface area contributed by atoms with Crippen molar-refractivity contribution in [2.75, 3.05) is 32.1 Å². The van der Waals surface area contributed by atoms with Crippen LogP contribution in [0.3, 0.4) is 0 Å². The van der Waals surface area contributed by atoms with Crippen LogP contribution in [0.4, 0.5) is 14.6 Å². The zero-order valence-electron chi connectivity index (χ0n) is 17.4. The molecule has 1 aliphatic heterocycles. The van der Waals surface area contributed by atoms with Gasteiger partial charge in [0.1, 0.15) is 5.15 Å². The lowest BCUT2D eigenvalue weighted by Crippen LogP contribution is -2.42. The molecule has 7 nitrogen and oxygen atoms in total. The van der Waals surface area contributed by atoms with Crippen LogP contribution < -0.4 is 4.90 Å². The summed E-state index contributed by atoms with van der Waals surface area (Å²) in [5, 5.41) is 5.86. The third-order valence-electron chi connectivity index (χ3n) is 5.46. The highest BCUT2D eigenvalue weighted by molar-refractivity contribution is 6.30. The van der Waals surface area contributed by atoms with Gasteiger partial charge in [-0.1, -0.05) is 11.6 Å². The van der Waals surface area contributed by atoms with E-state index in [2.05, 4.69) is 38.8 Å². The van der Waals surface area contributed by atoms with E-state index in [1.807, 2.05) is 0 Å². The molecule has 0 unspecified atom stereocenters. The number of hydrogen-bond acceptors (Lipinski definition) is 6. The average Bonchev–Trinajstić information content (AvgIpc) is 3.05. The maximum atomic E-state index is 13.9. The first kappa shape index (κ1) is 20.9. The number of halogens is 3. The number of hydrogen-bond donors (Lipinski definition) is 0. The van der Waals surface area contributed by atoms with Gasteiger partial charge in [0.25, 0.3) is 0 Å². The van der Waals surface area contributed by atoms with E-state index < -0.39 is 11.7 Å². The van der Waals surface area contributed by atoms with Crippen LogP contribution in [0.2, 0.25) is 5.15 Å². The molecule has 0 saturated carbocycles. The number of anilines is 1. The maximum Gasteiger partial charge on any atom is 0.303 e. The van der Waals surface area contributed by atoms with Gasteiger partial charge in [-0.15, -0.1) is 5.10 Å². The van der Waals surface area contributed by atoms with Gasteiger partial charge in [-0.25, -0.2) is 19.6 Å². The number of rotatable bonds is 4. The first-order valence-corrected chi connectivity index (χ1v) is 10.2. The van der Waals surface area contributed by atoms with E-state index in [0.717, 1.165) is 44.1 Å². The number of alkyl halides is 2. The zero-order valence-corrected chi connectivity index (χ0v) is 18.2. The molecule has 4 rings (SSSR count). The second-order valence-corrected chi connectivity index (χ2v) is 8.41. The first-order chi connectivity index (χ1) is 14.1. The van der Waals surface area contributed by atoms with Crippen molar-refractivity contribution in [3.05, 3.63) is 35.0 Å². The van der Waals surface area contributed by atoms with Crippen molar-refractivity contribution in [3.8, 4) is 5.82 Å². The quantitative estimate of drug-likeness (QED) is 0.580. The van der Waals surface area contributed by atoms with Gasteiger partial charge in [0.15, 0.2) is 11.6 Å². The normalized spacial score (nSPS) is 16.1. The highest BCUT2D eigenvalue weighted by atomic mass is 35.5. The number of pyridine rings is 1. The molecule has 4 heterocycles. The SMILES string of the molecule is Cc1cc(-n2nc(N3CCC(N(C)C)CC3)c3cnc(Cl)cc32)nc(C(C)(F)F)n1. The van der Waals surface area contributed by atoms with Gasteiger partial charge in [-0.2, -0.15) is 8.78 Å². The molecule has 0 N–H and O–H groups in total. The molecule has 1 fully saturated rings. The van der Waals surface area contributed by atoms with Crippen LogP contribution in [0.15, 0.2) is 18.3 Å².